The van der Waals surface area contributed by atoms with E-state index in [0.29, 0.717) is 22.2 Å². The Kier molecular flexibility index (Phi) is 4.78. The van der Waals surface area contributed by atoms with Gasteiger partial charge in [0.15, 0.2) is 5.82 Å². The number of halogens is 1. The van der Waals surface area contributed by atoms with Crippen LogP contribution in [0.5, 0.6) is 0 Å². The van der Waals surface area contributed by atoms with Crippen LogP contribution in [-0.4, -0.2) is 41.5 Å². The quantitative estimate of drug-likeness (QED) is 0.785. The number of aromatic nitrogens is 2. The number of thioether (sulfide) groups is 1. The fraction of sp³-hybridized carbons (Fsp3) is 0.524. The third-order valence-electron chi connectivity index (χ3n) is 6.80. The molecular formula is C21H26FN5OS. The zero-order valence-corrected chi connectivity index (χ0v) is 17.3. The highest BCUT2D eigenvalue weighted by Gasteiger charge is 2.43. The van der Waals surface area contributed by atoms with Crippen LogP contribution < -0.4 is 16.0 Å². The Hall–Kier alpha value is -2.06. The Morgan fingerprint density at radius 1 is 1.38 bits per heavy atom. The lowest BCUT2D eigenvalue weighted by Crippen LogP contribution is -2.43. The molecule has 5 rings (SSSR count). The van der Waals surface area contributed by atoms with Gasteiger partial charge in [-0.25, -0.2) is 14.4 Å². The number of fused-ring (bicyclic) bond motifs is 1. The molecule has 29 heavy (non-hydrogen) atoms. The van der Waals surface area contributed by atoms with Crippen molar-refractivity contribution in [2.24, 2.45) is 17.3 Å². The molecule has 0 radical (unpaired) electrons. The summed E-state index contributed by atoms with van der Waals surface area (Å²) in [5.41, 5.74) is 7.44. The summed E-state index contributed by atoms with van der Waals surface area (Å²) in [4.78, 5) is 11.5. The molecule has 4 aliphatic rings. The standard InChI is InChI=1S/C21H26FN5OS/c1-13-11-28-12-21(13)5-7-27(8-6-21)17-10-25-20(19(23)26-17)29-16-4-2-3-15-18(16)14(22)9-24-15/h2-4,9-10,13,16,18,24H,5-8,11-12H2,1H3,(H2,23,26). The number of nitrogen functional groups attached to an aromatic ring is 1. The van der Waals surface area contributed by atoms with Gasteiger partial charge in [-0.1, -0.05) is 30.8 Å². The van der Waals surface area contributed by atoms with Crippen molar-refractivity contribution in [3.8, 4) is 0 Å². The first-order valence-electron chi connectivity index (χ1n) is 10.2. The molecule has 1 aromatic heterocycles. The molecule has 1 aromatic rings. The molecule has 0 saturated carbocycles. The Labute approximate surface area is 174 Å². The number of nitrogens with zero attached hydrogens (tertiary/aromatic N) is 3. The van der Waals surface area contributed by atoms with E-state index in [4.69, 9.17) is 10.5 Å². The number of nitrogens with two attached hydrogens (primary N) is 1. The molecule has 1 spiro atoms. The second-order valence-corrected chi connectivity index (χ2v) is 9.59. The van der Waals surface area contributed by atoms with E-state index >= 15 is 0 Å². The van der Waals surface area contributed by atoms with E-state index in [1.165, 1.54) is 18.0 Å². The number of ether oxygens (including phenoxy) is 1. The molecule has 1 aliphatic carbocycles. The molecule has 4 heterocycles. The maximum absolute atomic E-state index is 14.2. The number of hydrogen-bond donors (Lipinski definition) is 2. The van der Waals surface area contributed by atoms with E-state index in [-0.39, 0.29) is 17.0 Å². The van der Waals surface area contributed by atoms with Gasteiger partial charge < -0.3 is 20.7 Å². The number of anilines is 2. The van der Waals surface area contributed by atoms with E-state index in [1.807, 2.05) is 18.2 Å². The Balaban J connectivity index is 1.27. The van der Waals surface area contributed by atoms with Crippen LogP contribution in [0.4, 0.5) is 16.0 Å². The van der Waals surface area contributed by atoms with Gasteiger partial charge in [-0.2, -0.15) is 0 Å². The van der Waals surface area contributed by atoms with Crippen LogP contribution in [0.2, 0.25) is 0 Å². The molecule has 2 fully saturated rings. The average molecular weight is 416 g/mol. The molecule has 154 valence electrons. The van der Waals surface area contributed by atoms with Gasteiger partial charge in [0.25, 0.3) is 0 Å². The molecular weight excluding hydrogens is 389 g/mol. The largest absolute Gasteiger partial charge is 0.381 e. The Bertz CT molecular complexity index is 893. The number of hydrogen-bond acceptors (Lipinski definition) is 7. The maximum atomic E-state index is 14.2. The monoisotopic (exact) mass is 415 g/mol. The number of piperidine rings is 1. The average Bonchev–Trinajstić information content (AvgIpc) is 3.28. The summed E-state index contributed by atoms with van der Waals surface area (Å²) in [7, 11) is 0. The van der Waals surface area contributed by atoms with Crippen molar-refractivity contribution in [3.63, 3.8) is 0 Å². The third kappa shape index (κ3) is 3.32. The zero-order chi connectivity index (χ0) is 20.0. The van der Waals surface area contributed by atoms with Gasteiger partial charge in [0.1, 0.15) is 16.7 Å². The van der Waals surface area contributed by atoms with Crippen molar-refractivity contribution in [2.75, 3.05) is 36.9 Å². The first-order chi connectivity index (χ1) is 14.1. The summed E-state index contributed by atoms with van der Waals surface area (Å²) in [6.07, 6.45) is 11.3. The lowest BCUT2D eigenvalue weighted by atomic mass is 9.72. The van der Waals surface area contributed by atoms with Crippen molar-refractivity contribution < 1.29 is 9.13 Å². The highest BCUT2D eigenvalue weighted by Crippen LogP contribution is 2.44. The number of allylic oxidation sites excluding steroid dienone is 3. The van der Waals surface area contributed by atoms with E-state index in [2.05, 4.69) is 27.1 Å². The highest BCUT2D eigenvalue weighted by atomic mass is 32.2. The fourth-order valence-corrected chi connectivity index (χ4v) is 5.90. The van der Waals surface area contributed by atoms with E-state index in [1.54, 1.807) is 6.20 Å². The molecule has 8 heteroatoms. The van der Waals surface area contributed by atoms with Crippen molar-refractivity contribution in [2.45, 2.75) is 30.0 Å². The van der Waals surface area contributed by atoms with Gasteiger partial charge in [-0.3, -0.25) is 0 Å². The van der Waals surface area contributed by atoms with Crippen LogP contribution in [-0.2, 0) is 4.74 Å². The van der Waals surface area contributed by atoms with Crippen LogP contribution in [0.25, 0.3) is 0 Å². The molecule has 3 aliphatic heterocycles. The Morgan fingerprint density at radius 3 is 2.93 bits per heavy atom. The molecule has 0 bridgehead atoms. The predicted molar refractivity (Wildman–Crippen MR) is 113 cm³/mol. The van der Waals surface area contributed by atoms with Gasteiger partial charge in [-0.15, -0.1) is 0 Å². The van der Waals surface area contributed by atoms with Gasteiger partial charge >= 0.3 is 0 Å². The van der Waals surface area contributed by atoms with Gasteiger partial charge in [0, 0.05) is 42.3 Å². The minimum Gasteiger partial charge on any atom is -0.381 e. The predicted octanol–water partition coefficient (Wildman–Crippen LogP) is 3.26. The summed E-state index contributed by atoms with van der Waals surface area (Å²) in [5, 5.41) is 3.54. The topological polar surface area (TPSA) is 76.3 Å². The summed E-state index contributed by atoms with van der Waals surface area (Å²) < 4.78 is 19.9. The van der Waals surface area contributed by atoms with E-state index in [9.17, 15) is 4.39 Å². The smallest absolute Gasteiger partial charge is 0.158 e. The normalized spacial score (nSPS) is 30.1. The minimum atomic E-state index is -0.306. The lowest BCUT2D eigenvalue weighted by molar-refractivity contribution is 0.127. The summed E-state index contributed by atoms with van der Waals surface area (Å²) in [6.45, 7) is 5.93. The van der Waals surface area contributed by atoms with Crippen LogP contribution >= 0.6 is 11.8 Å². The first-order valence-corrected chi connectivity index (χ1v) is 11.1. The van der Waals surface area contributed by atoms with Crippen LogP contribution in [0.15, 0.2) is 47.2 Å². The summed E-state index contributed by atoms with van der Waals surface area (Å²) >= 11 is 1.46. The van der Waals surface area contributed by atoms with Gasteiger partial charge in [-0.05, 0) is 24.8 Å². The maximum Gasteiger partial charge on any atom is 0.158 e. The minimum absolute atomic E-state index is 0.0950. The van der Waals surface area contributed by atoms with Crippen molar-refractivity contribution in [3.05, 3.63) is 42.1 Å². The first kappa shape index (κ1) is 18.9. The molecule has 0 aromatic carbocycles. The summed E-state index contributed by atoms with van der Waals surface area (Å²) in [6, 6.07) is 0. The van der Waals surface area contributed by atoms with Crippen LogP contribution in [0.1, 0.15) is 19.8 Å². The van der Waals surface area contributed by atoms with E-state index < -0.39 is 0 Å². The van der Waals surface area contributed by atoms with Crippen molar-refractivity contribution in [1.82, 2.24) is 15.3 Å². The lowest BCUT2D eigenvalue weighted by Gasteiger charge is -2.41. The van der Waals surface area contributed by atoms with Crippen LogP contribution in [0.3, 0.4) is 0 Å². The molecule has 6 nitrogen and oxygen atoms in total. The molecule has 3 atom stereocenters. The zero-order valence-electron chi connectivity index (χ0n) is 16.5. The second kappa shape index (κ2) is 7.32. The number of rotatable bonds is 3. The van der Waals surface area contributed by atoms with Gasteiger partial charge in [0.2, 0.25) is 0 Å². The third-order valence-corrected chi connectivity index (χ3v) is 8.04. The number of nitrogens with one attached hydrogen (secondary N) is 1. The summed E-state index contributed by atoms with van der Waals surface area (Å²) in [5.74, 6) is 1.38. The van der Waals surface area contributed by atoms with Gasteiger partial charge in [0.05, 0.1) is 18.7 Å². The van der Waals surface area contributed by atoms with Crippen molar-refractivity contribution >= 4 is 23.4 Å². The molecule has 2 saturated heterocycles. The highest BCUT2D eigenvalue weighted by molar-refractivity contribution is 8.00. The second-order valence-electron chi connectivity index (χ2n) is 8.42. The Morgan fingerprint density at radius 2 is 2.21 bits per heavy atom. The van der Waals surface area contributed by atoms with Crippen molar-refractivity contribution in [1.29, 1.82) is 0 Å². The fourth-order valence-electron chi connectivity index (χ4n) is 4.78. The molecule has 3 unspecified atom stereocenters. The van der Waals surface area contributed by atoms with E-state index in [0.717, 1.165) is 50.7 Å². The van der Waals surface area contributed by atoms with Crippen LogP contribution in [0, 0.1) is 17.3 Å². The molecule has 0 amide bonds. The molecule has 3 N–H and O–H groups in total. The SMILES string of the molecule is CC1COCC12CCN(c1cnc(SC3C=CC=C4NC=C(F)C43)c(N)n1)CC2.